The van der Waals surface area contributed by atoms with E-state index in [-0.39, 0.29) is 5.41 Å². The summed E-state index contributed by atoms with van der Waals surface area (Å²) in [5.74, 6) is 1.67. The molecule has 112 valence electrons. The summed E-state index contributed by atoms with van der Waals surface area (Å²) < 4.78 is 0. The number of carbonyl (C=O) groups excluding carboxylic acids is 1. The number of rotatable bonds is 6. The maximum absolute atomic E-state index is 12.6. The fraction of sp³-hybridized carbons (Fsp3) is 0.938. The minimum Gasteiger partial charge on any atom is -0.342 e. The van der Waals surface area contributed by atoms with Crippen molar-refractivity contribution in [3.8, 4) is 0 Å². The lowest BCUT2D eigenvalue weighted by atomic mass is 9.82. The molecule has 19 heavy (non-hydrogen) atoms. The van der Waals surface area contributed by atoms with Gasteiger partial charge < -0.3 is 10.2 Å². The second-order valence-electron chi connectivity index (χ2n) is 7.03. The molecule has 1 amide bonds. The molecule has 0 aromatic carbocycles. The largest absolute Gasteiger partial charge is 0.342 e. The first-order chi connectivity index (χ1) is 8.86. The predicted octanol–water partition coefficient (Wildman–Crippen LogP) is 2.91. The summed E-state index contributed by atoms with van der Waals surface area (Å²) in [5.41, 5.74) is -0.206. The molecule has 1 rings (SSSR count). The molecule has 0 aromatic rings. The zero-order chi connectivity index (χ0) is 14.5. The summed E-state index contributed by atoms with van der Waals surface area (Å²) in [6, 6.07) is 0. The third kappa shape index (κ3) is 5.13. The molecule has 1 fully saturated rings. The molecule has 0 aliphatic carbocycles. The average molecular weight is 268 g/mol. The van der Waals surface area contributed by atoms with Gasteiger partial charge in [-0.1, -0.05) is 34.6 Å². The van der Waals surface area contributed by atoms with Crippen LogP contribution in [0.15, 0.2) is 0 Å². The number of amides is 1. The number of likely N-dealkylation sites (tertiary alicyclic amines) is 1. The van der Waals surface area contributed by atoms with Gasteiger partial charge in [0.05, 0.1) is 0 Å². The highest BCUT2D eigenvalue weighted by molar-refractivity contribution is 5.82. The van der Waals surface area contributed by atoms with Crippen LogP contribution in [0.25, 0.3) is 0 Å². The highest BCUT2D eigenvalue weighted by Crippen LogP contribution is 2.29. The molecular formula is C16H32N2O. The van der Waals surface area contributed by atoms with Crippen molar-refractivity contribution in [2.24, 2.45) is 17.3 Å². The van der Waals surface area contributed by atoms with Crippen molar-refractivity contribution in [3.63, 3.8) is 0 Å². The summed E-state index contributed by atoms with van der Waals surface area (Å²) in [4.78, 5) is 14.7. The summed E-state index contributed by atoms with van der Waals surface area (Å²) in [6.07, 6.45) is 3.27. The van der Waals surface area contributed by atoms with Gasteiger partial charge >= 0.3 is 0 Å². The molecule has 1 aliphatic heterocycles. The fourth-order valence-electron chi connectivity index (χ4n) is 3.22. The Hall–Kier alpha value is -0.570. The first-order valence-electron chi connectivity index (χ1n) is 7.87. The summed E-state index contributed by atoms with van der Waals surface area (Å²) in [5, 5.41) is 3.41. The third-order valence-corrected chi connectivity index (χ3v) is 4.08. The molecule has 3 heteroatoms. The van der Waals surface area contributed by atoms with Gasteiger partial charge in [-0.05, 0) is 44.2 Å². The number of hydrogen-bond acceptors (Lipinski definition) is 2. The van der Waals surface area contributed by atoms with E-state index in [0.29, 0.717) is 11.8 Å². The number of piperidine rings is 1. The van der Waals surface area contributed by atoms with Crippen LogP contribution in [0.2, 0.25) is 0 Å². The molecule has 1 aliphatic rings. The van der Waals surface area contributed by atoms with E-state index in [4.69, 9.17) is 0 Å². The molecule has 0 aromatic heterocycles. The van der Waals surface area contributed by atoms with E-state index >= 15 is 0 Å². The average Bonchev–Trinajstić information content (AvgIpc) is 2.34. The highest BCUT2D eigenvalue weighted by atomic mass is 16.2. The third-order valence-electron chi connectivity index (χ3n) is 4.08. The molecular weight excluding hydrogens is 236 g/mol. The molecule has 1 saturated heterocycles. The van der Waals surface area contributed by atoms with E-state index in [9.17, 15) is 4.79 Å². The van der Waals surface area contributed by atoms with Gasteiger partial charge in [0, 0.05) is 18.5 Å². The van der Waals surface area contributed by atoms with Crippen molar-refractivity contribution in [2.45, 2.75) is 53.9 Å². The SMILES string of the molecule is CCNCC1CCN(C(=O)C(C)(C)CC(C)C)CC1. The Kier molecular flexibility index (Phi) is 6.31. The lowest BCUT2D eigenvalue weighted by Gasteiger charge is -2.37. The van der Waals surface area contributed by atoms with Gasteiger partial charge in [-0.15, -0.1) is 0 Å². The molecule has 0 unspecified atom stereocenters. The summed E-state index contributed by atoms with van der Waals surface area (Å²) in [7, 11) is 0. The van der Waals surface area contributed by atoms with Crippen molar-refractivity contribution in [2.75, 3.05) is 26.2 Å². The summed E-state index contributed by atoms with van der Waals surface area (Å²) >= 11 is 0. The Balaban J connectivity index is 2.44. The van der Waals surface area contributed by atoms with Gasteiger partial charge in [0.1, 0.15) is 0 Å². The van der Waals surface area contributed by atoms with Crippen LogP contribution < -0.4 is 5.32 Å². The zero-order valence-electron chi connectivity index (χ0n) is 13.5. The van der Waals surface area contributed by atoms with Crippen LogP contribution in [0, 0.1) is 17.3 Å². The van der Waals surface area contributed by atoms with Crippen LogP contribution in [0.5, 0.6) is 0 Å². The van der Waals surface area contributed by atoms with Gasteiger partial charge in [0.15, 0.2) is 0 Å². The number of nitrogens with one attached hydrogen (secondary N) is 1. The van der Waals surface area contributed by atoms with Gasteiger partial charge in [-0.2, -0.15) is 0 Å². The molecule has 0 atom stereocenters. The van der Waals surface area contributed by atoms with Crippen LogP contribution in [-0.2, 0) is 4.79 Å². The quantitative estimate of drug-likeness (QED) is 0.803. The second kappa shape index (κ2) is 7.28. The van der Waals surface area contributed by atoms with Crippen molar-refractivity contribution >= 4 is 5.91 Å². The minimum absolute atomic E-state index is 0.206. The van der Waals surface area contributed by atoms with Crippen molar-refractivity contribution in [1.29, 1.82) is 0 Å². The monoisotopic (exact) mass is 268 g/mol. The zero-order valence-corrected chi connectivity index (χ0v) is 13.5. The van der Waals surface area contributed by atoms with Crippen molar-refractivity contribution < 1.29 is 4.79 Å². The van der Waals surface area contributed by atoms with Gasteiger partial charge in [0.2, 0.25) is 5.91 Å². The molecule has 3 nitrogen and oxygen atoms in total. The molecule has 0 spiro atoms. The van der Waals surface area contributed by atoms with Crippen LogP contribution in [0.1, 0.15) is 53.9 Å². The van der Waals surface area contributed by atoms with E-state index in [0.717, 1.165) is 51.4 Å². The normalized spacial score (nSPS) is 18.1. The van der Waals surface area contributed by atoms with Crippen LogP contribution in [0.4, 0.5) is 0 Å². The molecule has 0 radical (unpaired) electrons. The standard InChI is InChI=1S/C16H32N2O/c1-6-17-12-14-7-9-18(10-8-14)15(19)16(4,5)11-13(2)3/h13-14,17H,6-12H2,1-5H3. The van der Waals surface area contributed by atoms with Gasteiger partial charge in [0.25, 0.3) is 0 Å². The fourth-order valence-corrected chi connectivity index (χ4v) is 3.22. The number of nitrogens with zero attached hydrogens (tertiary/aromatic N) is 1. The molecule has 1 N–H and O–H groups in total. The highest BCUT2D eigenvalue weighted by Gasteiger charge is 2.34. The minimum atomic E-state index is -0.206. The van der Waals surface area contributed by atoms with Gasteiger partial charge in [-0.3, -0.25) is 4.79 Å². The van der Waals surface area contributed by atoms with Crippen LogP contribution >= 0.6 is 0 Å². The molecule has 0 bridgehead atoms. The smallest absolute Gasteiger partial charge is 0.228 e. The van der Waals surface area contributed by atoms with Crippen molar-refractivity contribution in [1.82, 2.24) is 10.2 Å². The van der Waals surface area contributed by atoms with Crippen LogP contribution in [-0.4, -0.2) is 37.0 Å². The first kappa shape index (κ1) is 16.5. The van der Waals surface area contributed by atoms with E-state index in [2.05, 4.69) is 44.8 Å². The maximum atomic E-state index is 12.6. The lowest BCUT2D eigenvalue weighted by Crippen LogP contribution is -2.46. The van der Waals surface area contributed by atoms with E-state index in [1.54, 1.807) is 0 Å². The van der Waals surface area contributed by atoms with E-state index < -0.39 is 0 Å². The number of hydrogen-bond donors (Lipinski definition) is 1. The number of carbonyl (C=O) groups is 1. The second-order valence-corrected chi connectivity index (χ2v) is 7.03. The van der Waals surface area contributed by atoms with E-state index in [1.807, 2.05) is 0 Å². The molecule has 0 saturated carbocycles. The topological polar surface area (TPSA) is 32.3 Å². The van der Waals surface area contributed by atoms with Crippen LogP contribution in [0.3, 0.4) is 0 Å². The Morgan fingerprint density at radius 1 is 1.32 bits per heavy atom. The first-order valence-corrected chi connectivity index (χ1v) is 7.87. The Labute approximate surface area is 119 Å². The Morgan fingerprint density at radius 3 is 2.37 bits per heavy atom. The Morgan fingerprint density at radius 2 is 1.89 bits per heavy atom. The lowest BCUT2D eigenvalue weighted by molar-refractivity contribution is -0.142. The molecule has 1 heterocycles. The van der Waals surface area contributed by atoms with Crippen molar-refractivity contribution in [3.05, 3.63) is 0 Å². The maximum Gasteiger partial charge on any atom is 0.228 e. The van der Waals surface area contributed by atoms with Gasteiger partial charge in [-0.25, -0.2) is 0 Å². The Bertz CT molecular complexity index is 278. The predicted molar refractivity (Wildman–Crippen MR) is 81.1 cm³/mol. The summed E-state index contributed by atoms with van der Waals surface area (Å²) in [6.45, 7) is 14.8. The van der Waals surface area contributed by atoms with E-state index in [1.165, 1.54) is 0 Å².